The van der Waals surface area contributed by atoms with Gasteiger partial charge in [-0.1, -0.05) is 19.8 Å². The summed E-state index contributed by atoms with van der Waals surface area (Å²) in [7, 11) is -2.16. The van der Waals surface area contributed by atoms with Crippen molar-refractivity contribution in [1.29, 1.82) is 0 Å². The maximum Gasteiger partial charge on any atom is 0.189 e. The number of unbranched alkanes of at least 4 members (excludes halogenated alkanes) is 2. The van der Waals surface area contributed by atoms with Crippen molar-refractivity contribution < 1.29 is 26.8 Å². The first-order valence-corrected chi connectivity index (χ1v) is 4.55. The minimum Gasteiger partial charge on any atom is -0.346 e. The summed E-state index contributed by atoms with van der Waals surface area (Å²) in [5.74, 6) is 0. The Morgan fingerprint density at radius 3 is 2.33 bits per heavy atom. The molecule has 0 aliphatic carbocycles. The smallest absolute Gasteiger partial charge is 0.189 e. The second-order valence-corrected chi connectivity index (χ2v) is 3.14. The van der Waals surface area contributed by atoms with Gasteiger partial charge < -0.3 is 4.89 Å². The van der Waals surface area contributed by atoms with E-state index in [-0.39, 0.29) is 17.4 Å². The summed E-state index contributed by atoms with van der Waals surface area (Å²) >= 11 is 0. The molecule has 0 heterocycles. The molecule has 0 amide bonds. The Hall–Kier alpha value is 0.722. The van der Waals surface area contributed by atoms with Crippen molar-refractivity contribution >= 4 is 8.03 Å². The summed E-state index contributed by atoms with van der Waals surface area (Å²) in [5.41, 5.74) is 0. The van der Waals surface area contributed by atoms with Crippen LogP contribution in [-0.4, -0.2) is 11.1 Å². The first kappa shape index (κ1) is 12.4. The summed E-state index contributed by atoms with van der Waals surface area (Å²) in [6.45, 7) is 2.08. The van der Waals surface area contributed by atoms with Crippen LogP contribution in [0.1, 0.15) is 26.2 Å². The van der Waals surface area contributed by atoms with Crippen LogP contribution in [0.15, 0.2) is 0 Å². The second-order valence-electron chi connectivity index (χ2n) is 1.85. The van der Waals surface area contributed by atoms with Gasteiger partial charge in [0.2, 0.25) is 0 Å². The van der Waals surface area contributed by atoms with Crippen molar-refractivity contribution in [2.75, 3.05) is 6.16 Å². The molecule has 1 N–H and O–H groups in total. The molecule has 56 valence electrons. The van der Waals surface area contributed by atoms with Crippen LogP contribution in [0.3, 0.4) is 0 Å². The standard InChI is InChI=1S/C5H13O2P.Cr/c1-2-3-4-5-8(6)7;/h8H,2-5H2,1H3,(H,6,7);. The molecule has 0 fully saturated rings. The third-order valence-electron chi connectivity index (χ3n) is 0.994. The van der Waals surface area contributed by atoms with Crippen LogP contribution in [0.2, 0.25) is 0 Å². The van der Waals surface area contributed by atoms with Gasteiger partial charge in [-0.25, -0.2) is 0 Å². The molecule has 0 bridgehead atoms. The van der Waals surface area contributed by atoms with Gasteiger partial charge in [0, 0.05) is 23.5 Å². The fourth-order valence-corrected chi connectivity index (χ4v) is 1.08. The molecule has 0 saturated heterocycles. The normalized spacial score (nSPS) is 12.2. The molecule has 2 nitrogen and oxygen atoms in total. The monoisotopic (exact) mass is 188 g/mol. The first-order chi connectivity index (χ1) is 3.77. The SMILES string of the molecule is CCCCC[PH](=O)O.[Cr]. The van der Waals surface area contributed by atoms with Crippen molar-refractivity contribution in [3.05, 3.63) is 0 Å². The Kier molecular flexibility index (Phi) is 12.0. The van der Waals surface area contributed by atoms with Gasteiger partial charge >= 0.3 is 0 Å². The van der Waals surface area contributed by atoms with E-state index in [0.717, 1.165) is 19.3 Å². The van der Waals surface area contributed by atoms with Crippen molar-refractivity contribution in [3.8, 4) is 0 Å². The van der Waals surface area contributed by atoms with Crippen LogP contribution in [0.4, 0.5) is 0 Å². The Labute approximate surface area is 67.7 Å². The fourth-order valence-electron chi connectivity index (χ4n) is 0.526. The first-order valence-electron chi connectivity index (χ1n) is 2.99. The molecule has 0 rings (SSSR count). The predicted molar refractivity (Wildman–Crippen MR) is 35.6 cm³/mol. The number of hydrogen-bond acceptors (Lipinski definition) is 1. The van der Waals surface area contributed by atoms with Crippen molar-refractivity contribution in [2.45, 2.75) is 26.2 Å². The van der Waals surface area contributed by atoms with E-state index < -0.39 is 8.03 Å². The van der Waals surface area contributed by atoms with E-state index in [9.17, 15) is 4.57 Å². The summed E-state index contributed by atoms with van der Waals surface area (Å²) in [6.07, 6.45) is 3.62. The van der Waals surface area contributed by atoms with E-state index in [1.54, 1.807) is 0 Å². The summed E-state index contributed by atoms with van der Waals surface area (Å²) in [4.78, 5) is 8.33. The van der Waals surface area contributed by atoms with Crippen LogP contribution in [0.25, 0.3) is 0 Å². The predicted octanol–water partition coefficient (Wildman–Crippen LogP) is 1.64. The number of hydrogen-bond donors (Lipinski definition) is 1. The quantitative estimate of drug-likeness (QED) is 0.537. The topological polar surface area (TPSA) is 37.3 Å². The third-order valence-corrected chi connectivity index (χ3v) is 1.78. The van der Waals surface area contributed by atoms with Crippen molar-refractivity contribution in [3.63, 3.8) is 0 Å². The van der Waals surface area contributed by atoms with Crippen molar-refractivity contribution in [1.82, 2.24) is 0 Å². The molecule has 0 aromatic rings. The summed E-state index contributed by atoms with van der Waals surface area (Å²) in [5, 5.41) is 0. The van der Waals surface area contributed by atoms with E-state index in [0.29, 0.717) is 6.16 Å². The van der Waals surface area contributed by atoms with E-state index in [1.165, 1.54) is 0 Å². The molecule has 1 atom stereocenters. The molecule has 0 aliphatic heterocycles. The maximum absolute atomic E-state index is 10.1. The van der Waals surface area contributed by atoms with Crippen molar-refractivity contribution in [2.24, 2.45) is 0 Å². The molecule has 0 spiro atoms. The minimum atomic E-state index is -2.16. The van der Waals surface area contributed by atoms with E-state index in [1.807, 2.05) is 0 Å². The molecule has 9 heavy (non-hydrogen) atoms. The van der Waals surface area contributed by atoms with E-state index in [2.05, 4.69) is 6.92 Å². The zero-order chi connectivity index (χ0) is 6.41. The Morgan fingerprint density at radius 1 is 1.44 bits per heavy atom. The van der Waals surface area contributed by atoms with Gasteiger partial charge in [0.05, 0.1) is 0 Å². The average molecular weight is 188 g/mol. The zero-order valence-electron chi connectivity index (χ0n) is 5.59. The van der Waals surface area contributed by atoms with Gasteiger partial charge in [-0.2, -0.15) is 0 Å². The van der Waals surface area contributed by atoms with Crippen LogP contribution >= 0.6 is 8.03 Å². The van der Waals surface area contributed by atoms with Crippen LogP contribution in [-0.2, 0) is 21.9 Å². The fraction of sp³-hybridized carbons (Fsp3) is 1.00. The Bertz CT molecular complexity index is 77.4. The minimum absolute atomic E-state index is 0. The van der Waals surface area contributed by atoms with Gasteiger partial charge in [-0.15, -0.1) is 0 Å². The molecule has 0 aliphatic rings. The molecule has 1 unspecified atom stereocenters. The van der Waals surface area contributed by atoms with Gasteiger partial charge in [-0.05, 0) is 6.42 Å². The van der Waals surface area contributed by atoms with Gasteiger partial charge in [0.15, 0.2) is 8.03 Å². The Morgan fingerprint density at radius 2 is 2.00 bits per heavy atom. The largest absolute Gasteiger partial charge is 0.346 e. The van der Waals surface area contributed by atoms with Crippen LogP contribution < -0.4 is 0 Å². The molecule has 0 radical (unpaired) electrons. The molecular formula is C5H13CrO2P. The Balaban J connectivity index is 0. The van der Waals surface area contributed by atoms with E-state index >= 15 is 0 Å². The van der Waals surface area contributed by atoms with Gasteiger partial charge in [0.25, 0.3) is 0 Å². The molecular weight excluding hydrogens is 175 g/mol. The molecule has 0 aromatic heterocycles. The molecule has 0 aromatic carbocycles. The van der Waals surface area contributed by atoms with Crippen LogP contribution in [0.5, 0.6) is 0 Å². The van der Waals surface area contributed by atoms with Crippen LogP contribution in [0, 0.1) is 0 Å². The van der Waals surface area contributed by atoms with Gasteiger partial charge in [0.1, 0.15) is 0 Å². The molecule has 4 heteroatoms. The third kappa shape index (κ3) is 12.0. The average Bonchev–Trinajstić information content (AvgIpc) is 1.66. The molecule has 0 saturated carbocycles. The maximum atomic E-state index is 10.1. The second kappa shape index (κ2) is 8.72. The summed E-state index contributed by atoms with van der Waals surface area (Å²) < 4.78 is 10.1. The number of rotatable bonds is 4. The summed E-state index contributed by atoms with van der Waals surface area (Å²) in [6, 6.07) is 0. The van der Waals surface area contributed by atoms with E-state index in [4.69, 9.17) is 4.89 Å². The van der Waals surface area contributed by atoms with Gasteiger partial charge in [-0.3, -0.25) is 4.57 Å². The zero-order valence-corrected chi connectivity index (χ0v) is 7.87.